The molecule has 1 aliphatic rings. The van der Waals surface area contributed by atoms with Crippen LogP contribution in [0.1, 0.15) is 5.56 Å². The summed E-state index contributed by atoms with van der Waals surface area (Å²) in [5, 5.41) is 9.19. The van der Waals surface area contributed by atoms with Crippen molar-refractivity contribution in [3.05, 3.63) is 60.3 Å². The van der Waals surface area contributed by atoms with Crippen molar-refractivity contribution in [2.45, 2.75) is 13.5 Å². The predicted molar refractivity (Wildman–Crippen MR) is 119 cm³/mol. The molecule has 0 saturated carbocycles. The van der Waals surface area contributed by atoms with Crippen molar-refractivity contribution in [3.8, 4) is 11.3 Å². The van der Waals surface area contributed by atoms with Crippen LogP contribution in [-0.4, -0.2) is 65.4 Å². The van der Waals surface area contributed by atoms with Crippen molar-refractivity contribution in [2.24, 2.45) is 0 Å². The van der Waals surface area contributed by atoms with Gasteiger partial charge in [-0.3, -0.25) is 4.90 Å². The average molecular weight is 406 g/mol. The highest BCUT2D eigenvalue weighted by molar-refractivity contribution is 5.74. The van der Waals surface area contributed by atoms with Gasteiger partial charge < -0.3 is 10.0 Å². The lowest BCUT2D eigenvalue weighted by atomic mass is 10.1. The van der Waals surface area contributed by atoms with E-state index in [2.05, 4.69) is 80.5 Å². The second kappa shape index (κ2) is 8.22. The van der Waals surface area contributed by atoms with Gasteiger partial charge in [0.25, 0.3) is 0 Å². The van der Waals surface area contributed by atoms with Crippen molar-refractivity contribution in [2.75, 3.05) is 45.9 Å². The molecule has 0 unspecified atom stereocenters. The predicted octanol–water partition coefficient (Wildman–Crippen LogP) is 0.876. The fraction of sp³-hybridized carbons (Fsp3) is 0.375. The molecule has 4 aromatic rings. The molecule has 1 saturated heterocycles. The number of aromatic amines is 1. The third-order valence-electron chi connectivity index (χ3n) is 6.45. The minimum atomic E-state index is 0.286. The number of para-hydroxylation sites is 2. The number of aliphatic hydroxyl groups is 1. The average Bonchev–Trinajstić information content (AvgIpc) is 3.30. The number of nitrogens with one attached hydrogen (secondary N) is 2. The summed E-state index contributed by atoms with van der Waals surface area (Å²) in [6.07, 6.45) is 2.27. The number of aryl methyl sites for hydroxylation is 1. The third kappa shape index (κ3) is 3.62. The lowest BCUT2D eigenvalue weighted by molar-refractivity contribution is -0.904. The van der Waals surface area contributed by atoms with Crippen molar-refractivity contribution in [3.63, 3.8) is 0 Å². The maximum absolute atomic E-state index is 9.19. The van der Waals surface area contributed by atoms with E-state index in [0.717, 1.165) is 57.1 Å². The molecule has 3 N–H and O–H groups in total. The molecule has 0 radical (unpaired) electrons. The van der Waals surface area contributed by atoms with Crippen LogP contribution in [0.2, 0.25) is 0 Å². The molecule has 0 spiro atoms. The van der Waals surface area contributed by atoms with E-state index in [1.54, 1.807) is 0 Å². The van der Waals surface area contributed by atoms with Crippen molar-refractivity contribution in [1.82, 2.24) is 14.5 Å². The number of aliphatic hydroxyl groups excluding tert-OH is 1. The van der Waals surface area contributed by atoms with Crippen molar-refractivity contribution < 1.29 is 14.4 Å². The molecule has 1 aliphatic heterocycles. The molecule has 0 aliphatic carbocycles. The Morgan fingerprint density at radius 3 is 2.57 bits per heavy atom. The van der Waals surface area contributed by atoms with Gasteiger partial charge in [0.1, 0.15) is 29.5 Å². The van der Waals surface area contributed by atoms with E-state index in [1.165, 1.54) is 27.2 Å². The number of piperazine rings is 1. The molecule has 3 heterocycles. The maximum atomic E-state index is 9.19. The number of hydrogen-bond acceptors (Lipinski definition) is 2. The molecular weight excluding hydrogens is 374 g/mol. The fourth-order valence-electron chi connectivity index (χ4n) is 4.64. The van der Waals surface area contributed by atoms with E-state index in [9.17, 15) is 5.11 Å². The summed E-state index contributed by atoms with van der Waals surface area (Å²) in [6, 6.07) is 17.3. The van der Waals surface area contributed by atoms with Gasteiger partial charge in [0.2, 0.25) is 0 Å². The second-order valence-corrected chi connectivity index (χ2v) is 8.43. The van der Waals surface area contributed by atoms with E-state index in [1.807, 2.05) is 0 Å². The van der Waals surface area contributed by atoms with Gasteiger partial charge in [-0.1, -0.05) is 42.0 Å². The molecule has 6 heteroatoms. The van der Waals surface area contributed by atoms with Crippen LogP contribution in [-0.2, 0) is 6.54 Å². The van der Waals surface area contributed by atoms with E-state index < -0.39 is 0 Å². The molecule has 2 aromatic carbocycles. The van der Waals surface area contributed by atoms with Gasteiger partial charge in [-0.2, -0.15) is 4.40 Å². The molecule has 156 valence electrons. The zero-order valence-corrected chi connectivity index (χ0v) is 17.6. The standard InChI is InChI=1S/C24H29N5O/c1-19-6-8-20(9-7-19)23-18-29-22-5-3-2-4-21(22)25-24(29)28(23)15-14-26-10-12-27(13-11-26)16-17-30/h2-9,18,30H,10-17H2,1H3/p+2. The summed E-state index contributed by atoms with van der Waals surface area (Å²) in [7, 11) is 0. The normalized spacial score (nSPS) is 16.1. The van der Waals surface area contributed by atoms with Gasteiger partial charge in [0.05, 0.1) is 26.2 Å². The number of H-pyrrole nitrogens is 1. The molecule has 30 heavy (non-hydrogen) atoms. The Labute approximate surface area is 177 Å². The zero-order valence-electron chi connectivity index (χ0n) is 17.6. The summed E-state index contributed by atoms with van der Waals surface area (Å²) in [5.74, 6) is 1.14. The lowest BCUT2D eigenvalue weighted by Crippen LogP contribution is -3.15. The fourth-order valence-corrected chi connectivity index (χ4v) is 4.64. The van der Waals surface area contributed by atoms with Gasteiger partial charge in [-0.15, -0.1) is 0 Å². The molecule has 2 aromatic heterocycles. The largest absolute Gasteiger partial charge is 0.391 e. The van der Waals surface area contributed by atoms with Crippen LogP contribution in [0, 0.1) is 6.92 Å². The van der Waals surface area contributed by atoms with Crippen molar-refractivity contribution >= 4 is 16.8 Å². The van der Waals surface area contributed by atoms with Crippen LogP contribution >= 0.6 is 0 Å². The molecule has 6 nitrogen and oxygen atoms in total. The first-order valence-electron chi connectivity index (χ1n) is 11.0. The summed E-state index contributed by atoms with van der Waals surface area (Å²) in [5.41, 5.74) is 6.15. The van der Waals surface area contributed by atoms with E-state index in [0.29, 0.717) is 0 Å². The van der Waals surface area contributed by atoms with E-state index in [4.69, 9.17) is 0 Å². The number of nitrogens with zero attached hydrogens (tertiary/aromatic N) is 3. The summed E-state index contributed by atoms with van der Waals surface area (Å²) < 4.78 is 4.71. The second-order valence-electron chi connectivity index (χ2n) is 8.43. The number of fused-ring (bicyclic) bond motifs is 3. The Bertz CT molecular complexity index is 1140. The first-order chi connectivity index (χ1) is 14.7. The lowest BCUT2D eigenvalue weighted by Gasteiger charge is -2.31. The first kappa shape index (κ1) is 19.3. The quantitative estimate of drug-likeness (QED) is 0.417. The Morgan fingerprint density at radius 1 is 1.03 bits per heavy atom. The summed E-state index contributed by atoms with van der Waals surface area (Å²) in [6.45, 7) is 9.70. The number of aromatic nitrogens is 3. The van der Waals surface area contributed by atoms with Crippen molar-refractivity contribution in [1.29, 1.82) is 0 Å². The van der Waals surface area contributed by atoms with Crippen LogP contribution in [0.4, 0.5) is 0 Å². The number of benzene rings is 2. The van der Waals surface area contributed by atoms with Gasteiger partial charge in [-0.25, -0.2) is 9.55 Å². The Morgan fingerprint density at radius 2 is 1.80 bits per heavy atom. The number of hydrogen-bond donors (Lipinski definition) is 3. The highest BCUT2D eigenvalue weighted by atomic mass is 16.3. The Balaban J connectivity index is 1.46. The maximum Gasteiger partial charge on any atom is 0.368 e. The highest BCUT2D eigenvalue weighted by Crippen LogP contribution is 2.23. The minimum Gasteiger partial charge on any atom is -0.391 e. The Hall–Kier alpha value is -2.67. The number of imidazole rings is 2. The van der Waals surface area contributed by atoms with E-state index in [-0.39, 0.29) is 6.61 Å². The number of rotatable bonds is 6. The molecular formula is C24H31N5O+2. The SMILES string of the molecule is Cc1ccc(-c2c[n+]3c4ccccc4[nH]c3n2CCN2CC[NH+](CCO)CC2)cc1. The van der Waals surface area contributed by atoms with Gasteiger partial charge >= 0.3 is 5.78 Å². The molecule has 1 fully saturated rings. The zero-order chi connectivity index (χ0) is 20.5. The molecule has 0 bridgehead atoms. The van der Waals surface area contributed by atoms with Gasteiger partial charge in [-0.05, 0) is 19.1 Å². The van der Waals surface area contributed by atoms with Crippen LogP contribution in [0.25, 0.3) is 28.1 Å². The van der Waals surface area contributed by atoms with Gasteiger partial charge in [0, 0.05) is 25.2 Å². The van der Waals surface area contributed by atoms with Gasteiger partial charge in [0.15, 0.2) is 0 Å². The van der Waals surface area contributed by atoms with Crippen LogP contribution < -0.4 is 9.30 Å². The third-order valence-corrected chi connectivity index (χ3v) is 6.45. The monoisotopic (exact) mass is 405 g/mol. The Kier molecular flexibility index (Phi) is 5.29. The molecule has 5 rings (SSSR count). The van der Waals surface area contributed by atoms with Crippen LogP contribution in [0.5, 0.6) is 0 Å². The minimum absolute atomic E-state index is 0.286. The van der Waals surface area contributed by atoms with Crippen LogP contribution in [0.15, 0.2) is 54.7 Å². The van der Waals surface area contributed by atoms with E-state index >= 15 is 0 Å². The molecule has 0 amide bonds. The highest BCUT2D eigenvalue weighted by Gasteiger charge is 2.24. The summed E-state index contributed by atoms with van der Waals surface area (Å²) >= 11 is 0. The smallest absolute Gasteiger partial charge is 0.368 e. The first-order valence-corrected chi connectivity index (χ1v) is 11.0. The molecule has 0 atom stereocenters. The number of quaternary nitrogens is 1. The summed E-state index contributed by atoms with van der Waals surface area (Å²) in [4.78, 5) is 7.71. The van der Waals surface area contributed by atoms with Crippen LogP contribution in [0.3, 0.4) is 0 Å². The topological polar surface area (TPSA) is 52.7 Å².